The molecule has 3 atom stereocenters. The zero-order valence-corrected chi connectivity index (χ0v) is 14.3. The molecule has 1 aliphatic heterocycles. The van der Waals surface area contributed by atoms with Crippen LogP contribution < -0.4 is 11.1 Å². The number of likely N-dealkylation sites (tertiary alicyclic amines) is 1. The molecule has 2 aliphatic rings. The first-order valence-electron chi connectivity index (χ1n) is 8.37. The van der Waals surface area contributed by atoms with Crippen LogP contribution in [-0.4, -0.2) is 47.3 Å². The largest absolute Gasteiger partial charge is 0.451 e. The molecule has 0 bridgehead atoms. The molecule has 0 aromatic heterocycles. The van der Waals surface area contributed by atoms with Crippen LogP contribution in [0.3, 0.4) is 0 Å². The standard InChI is InChI=1S/C16H23N3O6/c1-8(2)12(13(21)18-16(17)24)25-11(20)7-19-14(22)9-5-3-4-6-10(9)15(19)23/h8-10,12H,3-7H2,1-2H3,(H3,17,18,21,24)/t9-,10+,12-/m0/s1. The number of imide groups is 2. The second-order valence-corrected chi connectivity index (χ2v) is 6.77. The van der Waals surface area contributed by atoms with E-state index < -0.39 is 36.5 Å². The lowest BCUT2D eigenvalue weighted by atomic mass is 9.81. The number of primary amides is 1. The summed E-state index contributed by atoms with van der Waals surface area (Å²) < 4.78 is 5.08. The number of hydrogen-bond acceptors (Lipinski definition) is 6. The number of urea groups is 1. The highest BCUT2D eigenvalue weighted by Gasteiger charge is 2.48. The number of fused-ring (bicyclic) bond motifs is 1. The van der Waals surface area contributed by atoms with E-state index in [0.29, 0.717) is 12.8 Å². The van der Waals surface area contributed by atoms with Gasteiger partial charge in [0.25, 0.3) is 5.91 Å². The number of nitrogens with two attached hydrogens (primary N) is 1. The van der Waals surface area contributed by atoms with Gasteiger partial charge in [0.15, 0.2) is 6.10 Å². The number of carbonyl (C=O) groups is 5. The Morgan fingerprint density at radius 2 is 1.68 bits per heavy atom. The molecule has 25 heavy (non-hydrogen) atoms. The monoisotopic (exact) mass is 353 g/mol. The van der Waals surface area contributed by atoms with Crippen molar-refractivity contribution in [3.63, 3.8) is 0 Å². The van der Waals surface area contributed by atoms with Gasteiger partial charge in [0.2, 0.25) is 11.8 Å². The van der Waals surface area contributed by atoms with E-state index in [9.17, 15) is 24.0 Å². The van der Waals surface area contributed by atoms with Crippen LogP contribution >= 0.6 is 0 Å². The molecule has 0 aromatic carbocycles. The van der Waals surface area contributed by atoms with Crippen molar-refractivity contribution in [2.24, 2.45) is 23.5 Å². The molecule has 0 spiro atoms. The molecule has 1 heterocycles. The van der Waals surface area contributed by atoms with Crippen LogP contribution in [0.1, 0.15) is 39.5 Å². The van der Waals surface area contributed by atoms with Gasteiger partial charge in [0.05, 0.1) is 11.8 Å². The normalized spacial score (nSPS) is 24.0. The number of nitrogens with zero attached hydrogens (tertiary/aromatic N) is 1. The summed E-state index contributed by atoms with van der Waals surface area (Å²) in [5.74, 6) is -3.55. The predicted octanol–water partition coefficient (Wildman–Crippen LogP) is -0.0757. The van der Waals surface area contributed by atoms with Crippen LogP contribution in [0, 0.1) is 17.8 Å². The van der Waals surface area contributed by atoms with Crippen molar-refractivity contribution in [1.82, 2.24) is 10.2 Å². The van der Waals surface area contributed by atoms with Gasteiger partial charge in [-0.25, -0.2) is 4.79 Å². The fourth-order valence-corrected chi connectivity index (χ4v) is 3.38. The second-order valence-electron chi connectivity index (χ2n) is 6.77. The Kier molecular flexibility index (Phi) is 5.76. The lowest BCUT2D eigenvalue weighted by Crippen LogP contribution is -2.47. The van der Waals surface area contributed by atoms with Crippen LogP contribution in [0.5, 0.6) is 0 Å². The van der Waals surface area contributed by atoms with Crippen LogP contribution in [-0.2, 0) is 23.9 Å². The van der Waals surface area contributed by atoms with Gasteiger partial charge < -0.3 is 10.5 Å². The number of carbonyl (C=O) groups excluding carboxylic acids is 5. The molecule has 1 aliphatic carbocycles. The van der Waals surface area contributed by atoms with E-state index in [4.69, 9.17) is 10.5 Å². The Morgan fingerprint density at radius 1 is 1.16 bits per heavy atom. The van der Waals surface area contributed by atoms with E-state index in [1.54, 1.807) is 13.8 Å². The molecular formula is C16H23N3O6. The van der Waals surface area contributed by atoms with Gasteiger partial charge in [-0.05, 0) is 18.8 Å². The quantitative estimate of drug-likeness (QED) is 0.524. The molecule has 0 radical (unpaired) electrons. The average Bonchev–Trinajstić information content (AvgIpc) is 2.77. The Morgan fingerprint density at radius 3 is 2.12 bits per heavy atom. The van der Waals surface area contributed by atoms with Crippen molar-refractivity contribution in [2.75, 3.05) is 6.54 Å². The lowest BCUT2D eigenvalue weighted by Gasteiger charge is -2.21. The summed E-state index contributed by atoms with van der Waals surface area (Å²) in [4.78, 5) is 60.4. The molecule has 2 fully saturated rings. The molecule has 3 N–H and O–H groups in total. The maximum atomic E-state index is 12.3. The summed E-state index contributed by atoms with van der Waals surface area (Å²) in [6.45, 7) is 2.72. The van der Waals surface area contributed by atoms with E-state index in [1.165, 1.54) is 0 Å². The van der Waals surface area contributed by atoms with Crippen LogP contribution in [0.2, 0.25) is 0 Å². The molecular weight excluding hydrogens is 330 g/mol. The second kappa shape index (κ2) is 7.62. The van der Waals surface area contributed by atoms with Crippen LogP contribution in [0.15, 0.2) is 0 Å². The first-order chi connectivity index (χ1) is 11.7. The molecule has 138 valence electrons. The van der Waals surface area contributed by atoms with Crippen molar-refractivity contribution in [3.8, 4) is 0 Å². The Labute approximate surface area is 145 Å². The number of ether oxygens (including phenoxy) is 1. The Bertz CT molecular complexity index is 579. The molecule has 1 saturated carbocycles. The molecule has 1 saturated heterocycles. The minimum atomic E-state index is -1.24. The molecule has 0 aromatic rings. The van der Waals surface area contributed by atoms with Crippen molar-refractivity contribution in [1.29, 1.82) is 0 Å². The first kappa shape index (κ1) is 18.9. The number of nitrogens with one attached hydrogen (secondary N) is 1. The Hall–Kier alpha value is -2.45. The summed E-state index contributed by atoms with van der Waals surface area (Å²) >= 11 is 0. The number of amides is 5. The van der Waals surface area contributed by atoms with E-state index >= 15 is 0 Å². The molecule has 9 nitrogen and oxygen atoms in total. The highest BCUT2D eigenvalue weighted by molar-refractivity contribution is 6.07. The lowest BCUT2D eigenvalue weighted by molar-refractivity contribution is -0.162. The van der Waals surface area contributed by atoms with Gasteiger partial charge in [0, 0.05) is 0 Å². The summed E-state index contributed by atoms with van der Waals surface area (Å²) in [7, 11) is 0. The van der Waals surface area contributed by atoms with Gasteiger partial charge in [-0.15, -0.1) is 0 Å². The maximum absolute atomic E-state index is 12.3. The fraction of sp³-hybridized carbons (Fsp3) is 0.688. The fourth-order valence-electron chi connectivity index (χ4n) is 3.38. The van der Waals surface area contributed by atoms with Crippen molar-refractivity contribution < 1.29 is 28.7 Å². The van der Waals surface area contributed by atoms with Gasteiger partial charge in [-0.3, -0.25) is 29.4 Å². The smallest absolute Gasteiger partial charge is 0.326 e. The zero-order chi connectivity index (χ0) is 18.7. The van der Waals surface area contributed by atoms with Gasteiger partial charge in [-0.2, -0.15) is 0 Å². The Balaban J connectivity index is 2.00. The third-order valence-corrected chi connectivity index (χ3v) is 4.59. The third-order valence-electron chi connectivity index (χ3n) is 4.59. The topological polar surface area (TPSA) is 136 Å². The minimum absolute atomic E-state index is 0.352. The van der Waals surface area contributed by atoms with Gasteiger partial charge in [0.1, 0.15) is 6.54 Å². The molecule has 2 rings (SSSR count). The molecule has 0 unspecified atom stereocenters. The van der Waals surface area contributed by atoms with Gasteiger partial charge >= 0.3 is 12.0 Å². The third kappa shape index (κ3) is 4.15. The first-order valence-corrected chi connectivity index (χ1v) is 8.37. The predicted molar refractivity (Wildman–Crippen MR) is 84.6 cm³/mol. The average molecular weight is 353 g/mol. The van der Waals surface area contributed by atoms with E-state index in [2.05, 4.69) is 0 Å². The number of rotatable bonds is 5. The SMILES string of the molecule is CC(C)[C@H](OC(=O)CN1C(=O)[C@H]2CCCC[C@H]2C1=O)C(=O)NC(N)=O. The minimum Gasteiger partial charge on any atom is -0.451 e. The molecule has 9 heteroatoms. The highest BCUT2D eigenvalue weighted by Crippen LogP contribution is 2.37. The summed E-state index contributed by atoms with van der Waals surface area (Å²) in [5, 5.41) is 1.86. The van der Waals surface area contributed by atoms with E-state index in [0.717, 1.165) is 17.7 Å². The highest BCUT2D eigenvalue weighted by atomic mass is 16.5. The molecule has 5 amide bonds. The summed E-state index contributed by atoms with van der Waals surface area (Å²) in [6.07, 6.45) is 1.84. The van der Waals surface area contributed by atoms with Crippen molar-refractivity contribution in [2.45, 2.75) is 45.6 Å². The summed E-state index contributed by atoms with van der Waals surface area (Å²) in [5.41, 5.74) is 4.89. The van der Waals surface area contributed by atoms with Crippen molar-refractivity contribution in [3.05, 3.63) is 0 Å². The number of esters is 1. The van der Waals surface area contributed by atoms with Crippen LogP contribution in [0.4, 0.5) is 4.79 Å². The van der Waals surface area contributed by atoms with E-state index in [1.807, 2.05) is 5.32 Å². The zero-order valence-electron chi connectivity index (χ0n) is 14.3. The summed E-state index contributed by atoms with van der Waals surface area (Å²) in [6, 6.07) is -1.05. The van der Waals surface area contributed by atoms with E-state index in [-0.39, 0.29) is 23.7 Å². The van der Waals surface area contributed by atoms with Crippen LogP contribution in [0.25, 0.3) is 0 Å². The van der Waals surface area contributed by atoms with Crippen molar-refractivity contribution >= 4 is 29.7 Å². The van der Waals surface area contributed by atoms with Gasteiger partial charge in [-0.1, -0.05) is 26.7 Å². The maximum Gasteiger partial charge on any atom is 0.326 e. The number of hydrogen-bond donors (Lipinski definition) is 2.